The molecule has 1 aliphatic rings. The van der Waals surface area contributed by atoms with Crippen molar-refractivity contribution in [3.63, 3.8) is 0 Å². The summed E-state index contributed by atoms with van der Waals surface area (Å²) in [5.41, 5.74) is -0.480. The van der Waals surface area contributed by atoms with Gasteiger partial charge in [0.2, 0.25) is 0 Å². The molecule has 1 aliphatic carbocycles. The van der Waals surface area contributed by atoms with Gasteiger partial charge in [0, 0.05) is 5.92 Å². The topological polar surface area (TPSA) is 0 Å². The van der Waals surface area contributed by atoms with Crippen molar-refractivity contribution in [1.82, 2.24) is 0 Å². The highest BCUT2D eigenvalue weighted by molar-refractivity contribution is 5.88. The molecular weight excluding hydrogens is 419 g/mol. The molecule has 0 saturated heterocycles. The van der Waals surface area contributed by atoms with Crippen LogP contribution in [0.5, 0.6) is 0 Å². The average Bonchev–Trinajstić information content (AvgIpc) is 2.80. The number of hydrogen-bond donors (Lipinski definition) is 0. The highest BCUT2D eigenvalue weighted by Crippen LogP contribution is 2.40. The van der Waals surface area contributed by atoms with Gasteiger partial charge in [0.1, 0.15) is 11.6 Å². The quantitative estimate of drug-likeness (QED) is 0.203. The Morgan fingerprint density at radius 1 is 1.00 bits per heavy atom. The monoisotopic (exact) mass is 450 g/mol. The van der Waals surface area contributed by atoms with E-state index in [1.54, 1.807) is 0 Å². The fourth-order valence-electron chi connectivity index (χ4n) is 4.71. The van der Waals surface area contributed by atoms with E-state index >= 15 is 0 Å². The summed E-state index contributed by atoms with van der Waals surface area (Å²) in [5.74, 6) is -6.47. The first-order valence-corrected chi connectivity index (χ1v) is 11.6. The molecule has 0 unspecified atom stereocenters. The maximum absolute atomic E-state index is 15.0. The number of aryl methyl sites for hydroxylation is 1. The van der Waals surface area contributed by atoms with E-state index in [2.05, 4.69) is 6.58 Å². The van der Waals surface area contributed by atoms with Crippen molar-refractivity contribution in [3.8, 4) is 0 Å². The third-order valence-electron chi connectivity index (χ3n) is 6.68. The minimum atomic E-state index is -1.55. The Kier molecular flexibility index (Phi) is 8.50. The number of benzene rings is 2. The Morgan fingerprint density at radius 2 is 1.72 bits per heavy atom. The van der Waals surface area contributed by atoms with Gasteiger partial charge in [0.05, 0.1) is 10.9 Å². The molecule has 0 spiro atoms. The van der Waals surface area contributed by atoms with E-state index in [1.165, 1.54) is 12.1 Å². The fraction of sp³-hybridized carbons (Fsp3) is 0.481. The molecule has 1 saturated carbocycles. The van der Waals surface area contributed by atoms with Crippen LogP contribution in [-0.4, -0.2) is 0 Å². The molecule has 174 valence electrons. The van der Waals surface area contributed by atoms with Gasteiger partial charge in [-0.3, -0.25) is 0 Å². The summed E-state index contributed by atoms with van der Waals surface area (Å²) < 4.78 is 74.2. The fourth-order valence-corrected chi connectivity index (χ4v) is 4.71. The SMILES string of the molecule is C=CCCC1CCC(C(F)=C(F)c2cc3ccc(CCCCC)c(F)c3c(F)c2F)CC1. The van der Waals surface area contributed by atoms with Gasteiger partial charge in [-0.2, -0.15) is 0 Å². The molecule has 0 aromatic heterocycles. The van der Waals surface area contributed by atoms with Crippen LogP contribution in [-0.2, 0) is 6.42 Å². The molecule has 0 radical (unpaired) electrons. The molecule has 0 N–H and O–H groups in total. The second-order valence-electron chi connectivity index (χ2n) is 8.89. The molecule has 1 fully saturated rings. The Labute approximate surface area is 187 Å². The minimum absolute atomic E-state index is 0.0201. The Bertz CT molecular complexity index is 983. The van der Waals surface area contributed by atoms with E-state index in [4.69, 9.17) is 0 Å². The molecule has 0 amide bonds. The molecule has 0 aliphatic heterocycles. The second kappa shape index (κ2) is 11.1. The van der Waals surface area contributed by atoms with Crippen LogP contribution < -0.4 is 0 Å². The van der Waals surface area contributed by atoms with E-state index < -0.39 is 46.0 Å². The predicted octanol–water partition coefficient (Wildman–Crippen LogP) is 9.37. The summed E-state index contributed by atoms with van der Waals surface area (Å²) >= 11 is 0. The van der Waals surface area contributed by atoms with Crippen molar-refractivity contribution in [1.29, 1.82) is 0 Å². The van der Waals surface area contributed by atoms with Gasteiger partial charge in [-0.05, 0) is 74.3 Å². The molecule has 0 bridgehead atoms. The summed E-state index contributed by atoms with van der Waals surface area (Å²) in [5, 5.41) is -0.483. The normalized spacial score (nSPS) is 19.8. The lowest BCUT2D eigenvalue weighted by atomic mass is 9.79. The van der Waals surface area contributed by atoms with Crippen molar-refractivity contribution in [3.05, 3.63) is 65.3 Å². The van der Waals surface area contributed by atoms with Crippen LogP contribution in [0.15, 0.2) is 36.7 Å². The van der Waals surface area contributed by atoms with Crippen molar-refractivity contribution in [2.75, 3.05) is 0 Å². The molecule has 0 heterocycles. The highest BCUT2D eigenvalue weighted by Gasteiger charge is 2.29. The van der Waals surface area contributed by atoms with Crippen LogP contribution in [0, 0.1) is 29.3 Å². The standard InChI is InChI=1S/C27H31F5/c1-3-5-7-9-18-14-15-20-16-21(26(31)27(32)22(20)23(18)28)25(30)24(29)19-12-10-17(11-13-19)8-6-4-2/h4,14-17,19H,2-3,5-13H2,1H3. The lowest BCUT2D eigenvalue weighted by Crippen LogP contribution is -2.15. The molecule has 32 heavy (non-hydrogen) atoms. The Balaban J connectivity index is 1.89. The number of halogens is 5. The van der Waals surface area contributed by atoms with Gasteiger partial charge < -0.3 is 0 Å². The van der Waals surface area contributed by atoms with Crippen molar-refractivity contribution < 1.29 is 22.0 Å². The molecule has 0 atom stereocenters. The first kappa shape index (κ1) is 24.5. The van der Waals surface area contributed by atoms with Gasteiger partial charge in [-0.1, -0.05) is 38.0 Å². The summed E-state index contributed by atoms with van der Waals surface area (Å²) in [6, 6.07) is 3.97. The summed E-state index contributed by atoms with van der Waals surface area (Å²) in [6.45, 7) is 5.72. The lowest BCUT2D eigenvalue weighted by molar-refractivity contribution is 0.263. The predicted molar refractivity (Wildman–Crippen MR) is 121 cm³/mol. The van der Waals surface area contributed by atoms with Gasteiger partial charge in [-0.25, -0.2) is 22.0 Å². The number of allylic oxidation sites excluding steroid dienone is 2. The molecule has 3 rings (SSSR count). The van der Waals surface area contributed by atoms with Crippen LogP contribution in [0.3, 0.4) is 0 Å². The maximum Gasteiger partial charge on any atom is 0.170 e. The second-order valence-corrected chi connectivity index (χ2v) is 8.89. The van der Waals surface area contributed by atoms with Crippen LogP contribution in [0.2, 0.25) is 0 Å². The lowest BCUT2D eigenvalue weighted by Gasteiger charge is -2.27. The van der Waals surface area contributed by atoms with E-state index in [0.717, 1.165) is 51.0 Å². The summed E-state index contributed by atoms with van der Waals surface area (Å²) in [4.78, 5) is 0. The molecule has 2 aromatic carbocycles. The molecule has 0 nitrogen and oxygen atoms in total. The van der Waals surface area contributed by atoms with E-state index in [9.17, 15) is 22.0 Å². The van der Waals surface area contributed by atoms with Crippen LogP contribution in [0.1, 0.15) is 75.8 Å². The van der Waals surface area contributed by atoms with E-state index in [0.29, 0.717) is 30.7 Å². The largest absolute Gasteiger partial charge is 0.208 e. The number of hydrogen-bond acceptors (Lipinski definition) is 0. The minimum Gasteiger partial charge on any atom is -0.208 e. The molecule has 5 heteroatoms. The van der Waals surface area contributed by atoms with Crippen molar-refractivity contribution >= 4 is 16.6 Å². The zero-order chi connectivity index (χ0) is 23.3. The van der Waals surface area contributed by atoms with Crippen LogP contribution >= 0.6 is 0 Å². The van der Waals surface area contributed by atoms with Crippen LogP contribution in [0.25, 0.3) is 16.6 Å². The first-order chi connectivity index (χ1) is 15.4. The summed E-state index contributed by atoms with van der Waals surface area (Å²) in [7, 11) is 0. The number of unbranched alkanes of at least 4 members (excludes halogenated alkanes) is 2. The Hall–Kier alpha value is -2.17. The number of rotatable bonds is 9. The van der Waals surface area contributed by atoms with Gasteiger partial charge >= 0.3 is 0 Å². The van der Waals surface area contributed by atoms with E-state index in [-0.39, 0.29) is 5.39 Å². The highest BCUT2D eigenvalue weighted by atomic mass is 19.2. The third-order valence-corrected chi connectivity index (χ3v) is 6.68. The van der Waals surface area contributed by atoms with Crippen molar-refractivity contribution in [2.24, 2.45) is 11.8 Å². The smallest absolute Gasteiger partial charge is 0.170 e. The molecule has 2 aromatic rings. The summed E-state index contributed by atoms with van der Waals surface area (Å²) in [6.07, 6.45) is 9.17. The zero-order valence-electron chi connectivity index (χ0n) is 18.6. The van der Waals surface area contributed by atoms with Gasteiger partial charge in [0.25, 0.3) is 0 Å². The molecular formula is C27H31F5. The van der Waals surface area contributed by atoms with Crippen molar-refractivity contribution in [2.45, 2.75) is 71.1 Å². The maximum atomic E-state index is 15.0. The number of fused-ring (bicyclic) bond motifs is 1. The average molecular weight is 451 g/mol. The first-order valence-electron chi connectivity index (χ1n) is 11.6. The Morgan fingerprint density at radius 3 is 2.38 bits per heavy atom. The van der Waals surface area contributed by atoms with Gasteiger partial charge in [0.15, 0.2) is 17.5 Å². The van der Waals surface area contributed by atoms with E-state index in [1.807, 2.05) is 13.0 Å². The van der Waals surface area contributed by atoms with Crippen LogP contribution in [0.4, 0.5) is 22.0 Å². The third kappa shape index (κ3) is 5.24. The van der Waals surface area contributed by atoms with Gasteiger partial charge in [-0.15, -0.1) is 6.58 Å². The zero-order valence-corrected chi connectivity index (χ0v) is 18.6.